The van der Waals surface area contributed by atoms with Gasteiger partial charge in [-0.05, 0) is 42.7 Å². The lowest BCUT2D eigenvalue weighted by Crippen LogP contribution is -2.52. The number of rotatable bonds is 6. The number of non-ortho nitro benzene ring substituents is 1. The molecular weight excluding hydrogens is 497 g/mol. The van der Waals surface area contributed by atoms with Crippen LogP contribution in [0.1, 0.15) is 34.1 Å². The average Bonchev–Trinajstić information content (AvgIpc) is 3.07. The fourth-order valence-corrected chi connectivity index (χ4v) is 4.93. The van der Waals surface area contributed by atoms with Crippen molar-refractivity contribution in [3.63, 3.8) is 0 Å². The van der Waals surface area contributed by atoms with Gasteiger partial charge in [-0.1, -0.05) is 42.3 Å². The molecule has 2 aromatic rings. The van der Waals surface area contributed by atoms with Gasteiger partial charge in [0.05, 0.1) is 21.8 Å². The quantitative estimate of drug-likeness (QED) is 0.185. The van der Waals surface area contributed by atoms with Crippen LogP contribution in [-0.4, -0.2) is 45.0 Å². The van der Waals surface area contributed by atoms with Gasteiger partial charge in [0, 0.05) is 28.3 Å². The lowest BCUT2D eigenvalue weighted by molar-refractivity contribution is -0.384. The van der Waals surface area contributed by atoms with Crippen molar-refractivity contribution < 1.29 is 24.1 Å². The van der Waals surface area contributed by atoms with Crippen molar-refractivity contribution in [3.8, 4) is 0 Å². The molecule has 3 atom stereocenters. The molecule has 1 aliphatic carbocycles. The SMILES string of the molecule is C[C@@H]1C=CC[C@H]2C(=O)N(N(CC(=O)c3ccc(Cl)cc3Cl)C(=O)c3ccc([N+](=O)[O-])cc3)C(=O)[C@H]12. The normalized spacial score (nSPS) is 21.1. The van der Waals surface area contributed by atoms with Gasteiger partial charge in [-0.3, -0.25) is 29.3 Å². The van der Waals surface area contributed by atoms with E-state index in [0.29, 0.717) is 11.4 Å². The average molecular weight is 516 g/mol. The molecule has 1 heterocycles. The summed E-state index contributed by atoms with van der Waals surface area (Å²) in [5, 5.41) is 12.9. The molecular formula is C24H19Cl2N3O6. The van der Waals surface area contributed by atoms with E-state index in [-0.39, 0.29) is 27.8 Å². The number of hydrogen-bond donors (Lipinski definition) is 0. The molecule has 0 aromatic heterocycles. The molecule has 180 valence electrons. The first-order valence-corrected chi connectivity index (χ1v) is 11.4. The lowest BCUT2D eigenvalue weighted by atomic mass is 9.78. The van der Waals surface area contributed by atoms with Crippen LogP contribution in [0.25, 0.3) is 0 Å². The monoisotopic (exact) mass is 515 g/mol. The van der Waals surface area contributed by atoms with Gasteiger partial charge in [0.25, 0.3) is 23.4 Å². The number of nitro groups is 1. The molecule has 3 amide bonds. The summed E-state index contributed by atoms with van der Waals surface area (Å²) >= 11 is 12.1. The standard InChI is InChI=1S/C24H19Cl2N3O6/c1-13-3-2-4-18-21(13)24(33)28(23(18)32)27(12-20(30)17-10-7-15(25)11-19(17)26)22(31)14-5-8-16(9-6-14)29(34)35/h2-3,5-11,13,18,21H,4,12H2,1H3/t13-,18-,21-/m1/s1. The Morgan fingerprint density at radius 1 is 1.11 bits per heavy atom. The lowest BCUT2D eigenvalue weighted by Gasteiger charge is -2.30. The molecule has 9 nitrogen and oxygen atoms in total. The Kier molecular flexibility index (Phi) is 6.73. The summed E-state index contributed by atoms with van der Waals surface area (Å²) in [5.41, 5.74) is -0.215. The van der Waals surface area contributed by atoms with Gasteiger partial charge >= 0.3 is 0 Å². The van der Waals surface area contributed by atoms with Crippen molar-refractivity contribution in [2.45, 2.75) is 13.3 Å². The molecule has 0 unspecified atom stereocenters. The molecule has 11 heteroatoms. The summed E-state index contributed by atoms with van der Waals surface area (Å²) < 4.78 is 0. The summed E-state index contributed by atoms with van der Waals surface area (Å²) in [7, 11) is 0. The number of nitrogens with zero attached hydrogens (tertiary/aromatic N) is 3. The molecule has 4 rings (SSSR count). The van der Waals surface area contributed by atoms with Crippen LogP contribution < -0.4 is 0 Å². The molecule has 0 saturated carbocycles. The Morgan fingerprint density at radius 2 is 1.80 bits per heavy atom. The second-order valence-corrected chi connectivity index (χ2v) is 9.20. The van der Waals surface area contributed by atoms with E-state index in [1.54, 1.807) is 0 Å². The Bertz CT molecular complexity index is 1280. The highest BCUT2D eigenvalue weighted by Gasteiger charge is 2.53. The van der Waals surface area contributed by atoms with Crippen molar-refractivity contribution in [3.05, 3.63) is 85.9 Å². The Balaban J connectivity index is 1.72. The number of allylic oxidation sites excluding steroid dienone is 2. The molecule has 1 fully saturated rings. The number of halogens is 2. The van der Waals surface area contributed by atoms with Crippen LogP contribution in [0, 0.1) is 27.9 Å². The van der Waals surface area contributed by atoms with Crippen molar-refractivity contribution in [1.29, 1.82) is 0 Å². The first-order chi connectivity index (χ1) is 16.6. The predicted molar refractivity (Wildman–Crippen MR) is 127 cm³/mol. The minimum absolute atomic E-state index is 0.0350. The summed E-state index contributed by atoms with van der Waals surface area (Å²) in [4.78, 5) is 63.6. The van der Waals surface area contributed by atoms with Gasteiger partial charge in [-0.25, -0.2) is 5.01 Å². The molecule has 0 radical (unpaired) electrons. The van der Waals surface area contributed by atoms with Gasteiger partial charge in [0.15, 0.2) is 5.78 Å². The predicted octanol–water partition coefficient (Wildman–Crippen LogP) is 4.34. The van der Waals surface area contributed by atoms with E-state index in [0.717, 1.165) is 22.2 Å². The number of nitro benzene ring substituents is 1. The summed E-state index contributed by atoms with van der Waals surface area (Å²) in [6.45, 7) is 1.15. The third-order valence-electron chi connectivity index (χ3n) is 6.18. The Hall–Kier alpha value is -3.56. The molecule has 2 aromatic carbocycles. The van der Waals surface area contributed by atoms with Crippen molar-refractivity contribution in [2.75, 3.05) is 6.54 Å². The highest BCUT2D eigenvalue weighted by molar-refractivity contribution is 6.37. The van der Waals surface area contributed by atoms with E-state index < -0.39 is 46.8 Å². The summed E-state index contributed by atoms with van der Waals surface area (Å²) in [6.07, 6.45) is 4.01. The maximum Gasteiger partial charge on any atom is 0.273 e. The molecule has 1 saturated heterocycles. The molecule has 35 heavy (non-hydrogen) atoms. The van der Waals surface area contributed by atoms with Gasteiger partial charge < -0.3 is 0 Å². The number of ketones is 1. The van der Waals surface area contributed by atoms with E-state index in [1.165, 1.54) is 30.3 Å². The van der Waals surface area contributed by atoms with Gasteiger partial charge in [-0.15, -0.1) is 0 Å². The number of benzene rings is 2. The Morgan fingerprint density at radius 3 is 2.40 bits per heavy atom. The van der Waals surface area contributed by atoms with Crippen LogP contribution in [-0.2, 0) is 9.59 Å². The van der Waals surface area contributed by atoms with Crippen molar-refractivity contribution >= 4 is 52.4 Å². The summed E-state index contributed by atoms with van der Waals surface area (Å²) in [6, 6.07) is 8.88. The fraction of sp³-hybridized carbons (Fsp3) is 0.250. The number of amides is 3. The number of imide groups is 1. The third-order valence-corrected chi connectivity index (χ3v) is 6.72. The minimum Gasteiger partial charge on any atom is -0.292 e. The second-order valence-electron chi connectivity index (χ2n) is 8.36. The van der Waals surface area contributed by atoms with Crippen LogP contribution in [0.3, 0.4) is 0 Å². The van der Waals surface area contributed by atoms with E-state index in [2.05, 4.69) is 0 Å². The van der Waals surface area contributed by atoms with Crippen molar-refractivity contribution in [2.24, 2.45) is 17.8 Å². The third kappa shape index (κ3) is 4.56. The molecule has 2 aliphatic rings. The van der Waals surface area contributed by atoms with Crippen LogP contribution >= 0.6 is 23.2 Å². The zero-order chi connectivity index (χ0) is 25.4. The number of hydrazine groups is 1. The minimum atomic E-state index is -0.834. The zero-order valence-corrected chi connectivity index (χ0v) is 19.9. The van der Waals surface area contributed by atoms with E-state index in [9.17, 15) is 29.3 Å². The number of fused-ring (bicyclic) bond motifs is 1. The van der Waals surface area contributed by atoms with Crippen LogP contribution in [0.5, 0.6) is 0 Å². The maximum absolute atomic E-state index is 13.5. The highest BCUT2D eigenvalue weighted by Crippen LogP contribution is 2.39. The first-order valence-electron chi connectivity index (χ1n) is 10.7. The molecule has 0 N–H and O–H groups in total. The van der Waals surface area contributed by atoms with Crippen LogP contribution in [0.4, 0.5) is 5.69 Å². The van der Waals surface area contributed by atoms with Gasteiger partial charge in [0.1, 0.15) is 6.54 Å². The topological polar surface area (TPSA) is 118 Å². The summed E-state index contributed by atoms with van der Waals surface area (Å²) in [5.74, 6) is -4.16. The molecule has 0 bridgehead atoms. The van der Waals surface area contributed by atoms with Crippen LogP contribution in [0.15, 0.2) is 54.6 Å². The van der Waals surface area contributed by atoms with Crippen LogP contribution in [0.2, 0.25) is 10.0 Å². The Labute approximate surface area is 210 Å². The fourth-order valence-electron chi connectivity index (χ4n) is 4.41. The number of Topliss-reactive ketones (excluding diaryl/α,β-unsaturated/α-hetero) is 1. The second kappa shape index (κ2) is 9.59. The smallest absolute Gasteiger partial charge is 0.273 e. The van der Waals surface area contributed by atoms with Gasteiger partial charge in [0.2, 0.25) is 0 Å². The highest BCUT2D eigenvalue weighted by atomic mass is 35.5. The maximum atomic E-state index is 13.5. The number of carbonyl (C=O) groups excluding carboxylic acids is 4. The van der Waals surface area contributed by atoms with E-state index in [4.69, 9.17) is 23.2 Å². The van der Waals surface area contributed by atoms with E-state index >= 15 is 0 Å². The number of carbonyl (C=O) groups is 4. The molecule has 0 spiro atoms. The van der Waals surface area contributed by atoms with Crippen molar-refractivity contribution in [1.82, 2.24) is 10.0 Å². The number of hydrogen-bond acceptors (Lipinski definition) is 6. The molecule has 1 aliphatic heterocycles. The zero-order valence-electron chi connectivity index (χ0n) is 18.4. The first kappa shape index (κ1) is 24.6. The van der Waals surface area contributed by atoms with Gasteiger partial charge in [-0.2, -0.15) is 5.01 Å². The van der Waals surface area contributed by atoms with E-state index in [1.807, 2.05) is 19.1 Å². The largest absolute Gasteiger partial charge is 0.292 e.